The molecule has 0 aliphatic carbocycles. The Hall–Kier alpha value is -2.27. The van der Waals surface area contributed by atoms with Crippen LogP contribution in [-0.2, 0) is 11.3 Å². The van der Waals surface area contributed by atoms with E-state index in [2.05, 4.69) is 5.32 Å². The third-order valence-corrected chi connectivity index (χ3v) is 3.53. The van der Waals surface area contributed by atoms with Gasteiger partial charge in [0.05, 0.1) is 6.54 Å². The lowest BCUT2D eigenvalue weighted by atomic mass is 10.2. The van der Waals surface area contributed by atoms with Crippen molar-refractivity contribution in [2.45, 2.75) is 26.4 Å². The van der Waals surface area contributed by atoms with Gasteiger partial charge in [0.15, 0.2) is 0 Å². The number of hydrogen-bond donors (Lipinski definition) is 1. The molecule has 3 nitrogen and oxygen atoms in total. The van der Waals surface area contributed by atoms with E-state index in [4.69, 9.17) is 0 Å². The number of nitrogens with zero attached hydrogens (tertiary/aromatic N) is 1. The summed E-state index contributed by atoms with van der Waals surface area (Å²) in [6, 6.07) is 13.4. The quantitative estimate of drug-likeness (QED) is 0.878. The average molecular weight is 318 g/mol. The lowest BCUT2D eigenvalue weighted by molar-refractivity contribution is -0.117. The van der Waals surface area contributed by atoms with Gasteiger partial charge in [-0.2, -0.15) is 0 Å². The van der Waals surface area contributed by atoms with Crippen LogP contribution in [0.5, 0.6) is 0 Å². The van der Waals surface area contributed by atoms with Gasteiger partial charge < -0.3 is 5.32 Å². The van der Waals surface area contributed by atoms with Gasteiger partial charge in [-0.05, 0) is 31.5 Å². The van der Waals surface area contributed by atoms with Gasteiger partial charge in [0.1, 0.15) is 17.3 Å². The topological polar surface area (TPSA) is 32.3 Å². The maximum atomic E-state index is 13.6. The van der Waals surface area contributed by atoms with Gasteiger partial charge in [-0.1, -0.05) is 36.4 Å². The van der Waals surface area contributed by atoms with E-state index in [1.165, 1.54) is 6.07 Å². The van der Waals surface area contributed by atoms with E-state index in [0.29, 0.717) is 6.54 Å². The van der Waals surface area contributed by atoms with Crippen molar-refractivity contribution >= 4 is 11.6 Å². The van der Waals surface area contributed by atoms with Crippen molar-refractivity contribution in [1.82, 2.24) is 4.90 Å². The number of carbonyl (C=O) groups is 1. The van der Waals surface area contributed by atoms with Crippen LogP contribution < -0.4 is 5.32 Å². The summed E-state index contributed by atoms with van der Waals surface area (Å²) >= 11 is 0. The SMILES string of the molecule is CC(C)N(CC(=O)Nc1c(F)cccc1F)Cc1ccccc1. The first-order valence-corrected chi connectivity index (χ1v) is 7.49. The first-order chi connectivity index (χ1) is 11.0. The minimum atomic E-state index is -0.780. The number of rotatable bonds is 6. The molecule has 0 saturated carbocycles. The Morgan fingerprint density at radius 3 is 2.22 bits per heavy atom. The Balaban J connectivity index is 2.04. The van der Waals surface area contributed by atoms with Crippen LogP contribution in [0.2, 0.25) is 0 Å². The molecular formula is C18H20F2N2O. The maximum absolute atomic E-state index is 13.6. The van der Waals surface area contributed by atoms with Crippen LogP contribution in [0.4, 0.5) is 14.5 Å². The molecule has 0 saturated heterocycles. The summed E-state index contributed by atoms with van der Waals surface area (Å²) in [5.74, 6) is -2.01. The summed E-state index contributed by atoms with van der Waals surface area (Å²) in [4.78, 5) is 14.1. The van der Waals surface area contributed by atoms with E-state index < -0.39 is 23.2 Å². The van der Waals surface area contributed by atoms with Crippen molar-refractivity contribution in [1.29, 1.82) is 0 Å². The number of hydrogen-bond acceptors (Lipinski definition) is 2. The lowest BCUT2D eigenvalue weighted by Gasteiger charge is -2.26. The molecule has 0 bridgehead atoms. The van der Waals surface area contributed by atoms with Crippen molar-refractivity contribution in [2.75, 3.05) is 11.9 Å². The van der Waals surface area contributed by atoms with Crippen molar-refractivity contribution in [3.8, 4) is 0 Å². The molecule has 5 heteroatoms. The molecule has 1 N–H and O–H groups in total. The van der Waals surface area contributed by atoms with Crippen LogP contribution >= 0.6 is 0 Å². The Morgan fingerprint density at radius 1 is 1.04 bits per heavy atom. The number of carbonyl (C=O) groups excluding carboxylic acids is 1. The molecule has 0 atom stereocenters. The molecule has 1 amide bonds. The van der Waals surface area contributed by atoms with Crippen molar-refractivity contribution in [2.24, 2.45) is 0 Å². The molecule has 2 aromatic rings. The van der Waals surface area contributed by atoms with Crippen LogP contribution in [0.3, 0.4) is 0 Å². The Kier molecular flexibility index (Phi) is 5.82. The molecule has 2 rings (SSSR count). The van der Waals surface area contributed by atoms with E-state index in [9.17, 15) is 13.6 Å². The number of nitrogens with one attached hydrogen (secondary N) is 1. The van der Waals surface area contributed by atoms with Gasteiger partial charge >= 0.3 is 0 Å². The van der Waals surface area contributed by atoms with Crippen molar-refractivity contribution < 1.29 is 13.6 Å². The average Bonchev–Trinajstić information content (AvgIpc) is 2.51. The zero-order chi connectivity index (χ0) is 16.8. The molecule has 2 aromatic carbocycles. The van der Waals surface area contributed by atoms with Gasteiger partial charge in [0, 0.05) is 12.6 Å². The van der Waals surface area contributed by atoms with Gasteiger partial charge in [-0.15, -0.1) is 0 Å². The minimum absolute atomic E-state index is 0.0559. The van der Waals surface area contributed by atoms with Crippen LogP contribution in [0.25, 0.3) is 0 Å². The maximum Gasteiger partial charge on any atom is 0.238 e. The summed E-state index contributed by atoms with van der Waals surface area (Å²) in [5.41, 5.74) is 0.673. The second-order valence-corrected chi connectivity index (χ2v) is 5.63. The summed E-state index contributed by atoms with van der Waals surface area (Å²) in [6.07, 6.45) is 0. The fourth-order valence-corrected chi connectivity index (χ4v) is 2.22. The van der Waals surface area contributed by atoms with Crippen LogP contribution in [0.1, 0.15) is 19.4 Å². The summed E-state index contributed by atoms with van der Waals surface area (Å²) in [6.45, 7) is 4.59. The highest BCUT2D eigenvalue weighted by Crippen LogP contribution is 2.18. The molecule has 122 valence electrons. The van der Waals surface area contributed by atoms with E-state index in [1.807, 2.05) is 49.1 Å². The van der Waals surface area contributed by atoms with Crippen molar-refractivity contribution in [3.63, 3.8) is 0 Å². The molecule has 0 fully saturated rings. The molecule has 23 heavy (non-hydrogen) atoms. The second kappa shape index (κ2) is 7.83. The largest absolute Gasteiger partial charge is 0.320 e. The normalized spacial score (nSPS) is 11.0. The van der Waals surface area contributed by atoms with E-state index in [1.54, 1.807) is 0 Å². The summed E-state index contributed by atoms with van der Waals surface area (Å²) in [5, 5.41) is 2.32. The standard InChI is InChI=1S/C18H20F2N2O/c1-13(2)22(11-14-7-4-3-5-8-14)12-17(23)21-18-15(19)9-6-10-16(18)20/h3-10,13H,11-12H2,1-2H3,(H,21,23). The smallest absolute Gasteiger partial charge is 0.238 e. The molecular weight excluding hydrogens is 298 g/mol. The molecule has 0 aliphatic heterocycles. The lowest BCUT2D eigenvalue weighted by Crippen LogP contribution is -2.37. The highest BCUT2D eigenvalue weighted by Gasteiger charge is 2.17. The fraction of sp³-hybridized carbons (Fsp3) is 0.278. The Labute approximate surface area is 134 Å². The third kappa shape index (κ3) is 4.86. The molecule has 0 radical (unpaired) electrons. The van der Waals surface area contributed by atoms with Crippen LogP contribution in [0.15, 0.2) is 48.5 Å². The predicted octanol–water partition coefficient (Wildman–Crippen LogP) is 3.81. The monoisotopic (exact) mass is 318 g/mol. The first kappa shape index (κ1) is 17.1. The highest BCUT2D eigenvalue weighted by atomic mass is 19.1. The molecule has 0 unspecified atom stereocenters. The van der Waals surface area contributed by atoms with E-state index in [0.717, 1.165) is 17.7 Å². The number of benzene rings is 2. The van der Waals surface area contributed by atoms with Crippen LogP contribution in [0, 0.1) is 11.6 Å². The Morgan fingerprint density at radius 2 is 1.65 bits per heavy atom. The van der Waals surface area contributed by atoms with Gasteiger partial charge in [0.2, 0.25) is 5.91 Å². The number of halogens is 2. The molecule has 0 aliphatic rings. The third-order valence-electron chi connectivity index (χ3n) is 3.53. The zero-order valence-electron chi connectivity index (χ0n) is 13.2. The second-order valence-electron chi connectivity index (χ2n) is 5.63. The molecule has 0 aromatic heterocycles. The van der Waals surface area contributed by atoms with E-state index >= 15 is 0 Å². The van der Waals surface area contributed by atoms with Gasteiger partial charge in [-0.3, -0.25) is 9.69 Å². The zero-order valence-corrected chi connectivity index (χ0v) is 13.2. The number of anilines is 1. The number of amides is 1. The number of para-hydroxylation sites is 1. The van der Waals surface area contributed by atoms with Crippen molar-refractivity contribution in [3.05, 3.63) is 65.7 Å². The fourth-order valence-electron chi connectivity index (χ4n) is 2.22. The molecule has 0 spiro atoms. The van der Waals surface area contributed by atoms with Crippen LogP contribution in [-0.4, -0.2) is 23.4 Å². The van der Waals surface area contributed by atoms with Gasteiger partial charge in [-0.25, -0.2) is 8.78 Å². The minimum Gasteiger partial charge on any atom is -0.320 e. The Bertz CT molecular complexity index is 639. The molecule has 0 heterocycles. The van der Waals surface area contributed by atoms with Gasteiger partial charge in [0.25, 0.3) is 0 Å². The summed E-state index contributed by atoms with van der Waals surface area (Å²) in [7, 11) is 0. The summed E-state index contributed by atoms with van der Waals surface area (Å²) < 4.78 is 27.2. The predicted molar refractivity (Wildman–Crippen MR) is 87.0 cm³/mol. The first-order valence-electron chi connectivity index (χ1n) is 7.49. The highest BCUT2D eigenvalue weighted by molar-refractivity contribution is 5.92. The van der Waals surface area contributed by atoms with E-state index in [-0.39, 0.29) is 12.6 Å².